The van der Waals surface area contributed by atoms with Crippen LogP contribution in [0.15, 0.2) is 36.7 Å². The molecule has 0 aliphatic carbocycles. The second-order valence-electron chi connectivity index (χ2n) is 8.16. The minimum absolute atomic E-state index is 0.264. The SMILES string of the molecule is Cc1c(-c2cc(O[C@H](C)c3ccc(F)cn3)n3c(C#N)cnc3c2)nnn1[C@@H]1CCCNC1. The Labute approximate surface area is 189 Å². The number of nitriles is 1. The summed E-state index contributed by atoms with van der Waals surface area (Å²) >= 11 is 0. The van der Waals surface area contributed by atoms with Gasteiger partial charge in [-0.3, -0.25) is 9.38 Å². The summed E-state index contributed by atoms with van der Waals surface area (Å²) in [5, 5.41) is 21.8. The fourth-order valence-electron chi connectivity index (χ4n) is 4.25. The predicted molar refractivity (Wildman–Crippen MR) is 118 cm³/mol. The molecule has 1 aliphatic rings. The zero-order valence-electron chi connectivity index (χ0n) is 18.4. The number of halogens is 1. The van der Waals surface area contributed by atoms with E-state index in [1.54, 1.807) is 10.5 Å². The molecule has 5 rings (SSSR count). The van der Waals surface area contributed by atoms with Gasteiger partial charge in [-0.15, -0.1) is 5.10 Å². The highest BCUT2D eigenvalue weighted by Gasteiger charge is 2.22. The van der Waals surface area contributed by atoms with Crippen molar-refractivity contribution in [3.63, 3.8) is 0 Å². The van der Waals surface area contributed by atoms with E-state index in [4.69, 9.17) is 4.74 Å². The van der Waals surface area contributed by atoms with Gasteiger partial charge in [-0.2, -0.15) is 5.26 Å². The molecule has 0 radical (unpaired) electrons. The number of fused-ring (bicyclic) bond motifs is 1. The lowest BCUT2D eigenvalue weighted by Crippen LogP contribution is -2.32. The lowest BCUT2D eigenvalue weighted by molar-refractivity contribution is 0.209. The first-order valence-corrected chi connectivity index (χ1v) is 10.9. The van der Waals surface area contributed by atoms with Gasteiger partial charge >= 0.3 is 0 Å². The summed E-state index contributed by atoms with van der Waals surface area (Å²) in [5.74, 6) is 0.00639. The Hall–Kier alpha value is -3.84. The van der Waals surface area contributed by atoms with E-state index in [-0.39, 0.29) is 6.04 Å². The van der Waals surface area contributed by atoms with Crippen LogP contribution in [0.2, 0.25) is 0 Å². The number of rotatable bonds is 5. The fraction of sp³-hybridized carbons (Fsp3) is 0.348. The number of nitrogens with zero attached hydrogens (tertiary/aromatic N) is 7. The molecular weight excluding hydrogens is 423 g/mol. The highest BCUT2D eigenvalue weighted by molar-refractivity contribution is 5.68. The summed E-state index contributed by atoms with van der Waals surface area (Å²) in [6.07, 6.45) is 4.33. The summed E-state index contributed by atoms with van der Waals surface area (Å²) in [6.45, 7) is 5.72. The minimum Gasteiger partial charge on any atom is -0.469 e. The van der Waals surface area contributed by atoms with E-state index >= 15 is 0 Å². The number of ether oxygens (including phenoxy) is 1. The average Bonchev–Trinajstić information content (AvgIpc) is 3.43. The van der Waals surface area contributed by atoms with Gasteiger partial charge in [-0.25, -0.2) is 14.1 Å². The van der Waals surface area contributed by atoms with E-state index in [1.807, 2.05) is 30.7 Å². The van der Waals surface area contributed by atoms with Crippen LogP contribution in [0.4, 0.5) is 4.39 Å². The molecule has 4 aromatic rings. The second kappa shape index (κ2) is 8.60. The number of imidazole rings is 1. The third kappa shape index (κ3) is 3.91. The number of hydrogen-bond acceptors (Lipinski definition) is 7. The molecule has 0 amide bonds. The first kappa shape index (κ1) is 21.0. The molecule has 0 unspecified atom stereocenters. The molecule has 2 atom stereocenters. The summed E-state index contributed by atoms with van der Waals surface area (Å²) in [5.41, 5.74) is 3.97. The highest BCUT2D eigenvalue weighted by Crippen LogP contribution is 2.31. The molecule has 0 spiro atoms. The van der Waals surface area contributed by atoms with Crippen molar-refractivity contribution < 1.29 is 9.13 Å². The maximum atomic E-state index is 13.3. The molecule has 0 bridgehead atoms. The second-order valence-corrected chi connectivity index (χ2v) is 8.16. The molecule has 0 saturated carbocycles. The van der Waals surface area contributed by atoms with Gasteiger partial charge in [-0.1, -0.05) is 5.21 Å². The third-order valence-electron chi connectivity index (χ3n) is 5.97. The quantitative estimate of drug-likeness (QED) is 0.501. The highest BCUT2D eigenvalue weighted by atomic mass is 19.1. The molecule has 5 heterocycles. The summed E-state index contributed by atoms with van der Waals surface area (Å²) in [7, 11) is 0. The zero-order chi connectivity index (χ0) is 22.9. The van der Waals surface area contributed by atoms with Crippen molar-refractivity contribution in [3.8, 4) is 23.2 Å². The van der Waals surface area contributed by atoms with Crippen LogP contribution in [0.3, 0.4) is 0 Å². The van der Waals surface area contributed by atoms with Crippen molar-refractivity contribution in [1.29, 1.82) is 5.26 Å². The molecule has 168 valence electrons. The number of piperidine rings is 1. The van der Waals surface area contributed by atoms with E-state index in [0.717, 1.165) is 49.1 Å². The van der Waals surface area contributed by atoms with Crippen LogP contribution in [0.1, 0.15) is 49.0 Å². The summed E-state index contributed by atoms with van der Waals surface area (Å²) in [4.78, 5) is 8.50. The normalized spacial score (nSPS) is 17.1. The topological polar surface area (TPSA) is 106 Å². The van der Waals surface area contributed by atoms with Crippen molar-refractivity contribution in [1.82, 2.24) is 34.7 Å². The van der Waals surface area contributed by atoms with E-state index in [0.29, 0.717) is 22.9 Å². The molecule has 4 aromatic heterocycles. The van der Waals surface area contributed by atoms with Crippen LogP contribution in [0.25, 0.3) is 16.9 Å². The van der Waals surface area contributed by atoms with Crippen LogP contribution in [-0.2, 0) is 0 Å². The molecule has 0 aromatic carbocycles. The molecule has 9 nitrogen and oxygen atoms in total. The lowest BCUT2D eigenvalue weighted by atomic mass is 10.1. The van der Waals surface area contributed by atoms with Crippen LogP contribution < -0.4 is 10.1 Å². The Morgan fingerprint density at radius 3 is 2.88 bits per heavy atom. The molecule has 33 heavy (non-hydrogen) atoms. The Morgan fingerprint density at radius 2 is 2.15 bits per heavy atom. The van der Waals surface area contributed by atoms with Crippen molar-refractivity contribution >= 4 is 5.65 Å². The van der Waals surface area contributed by atoms with Gasteiger partial charge in [0.1, 0.15) is 35.0 Å². The first-order chi connectivity index (χ1) is 16.0. The van der Waals surface area contributed by atoms with Gasteiger partial charge < -0.3 is 10.1 Å². The number of aromatic nitrogens is 6. The number of hydrogen-bond donors (Lipinski definition) is 1. The van der Waals surface area contributed by atoms with Crippen molar-refractivity contribution in [2.45, 2.75) is 38.8 Å². The molecule has 1 fully saturated rings. The van der Waals surface area contributed by atoms with Gasteiger partial charge in [0.05, 0.1) is 29.8 Å². The maximum absolute atomic E-state index is 13.3. The monoisotopic (exact) mass is 446 g/mol. The summed E-state index contributed by atoms with van der Waals surface area (Å²) < 4.78 is 23.1. The lowest BCUT2D eigenvalue weighted by Gasteiger charge is -2.23. The Kier molecular flexibility index (Phi) is 5.48. The molecule has 1 aliphatic heterocycles. The van der Waals surface area contributed by atoms with Gasteiger partial charge in [0, 0.05) is 18.2 Å². The van der Waals surface area contributed by atoms with Gasteiger partial charge in [0.2, 0.25) is 5.88 Å². The van der Waals surface area contributed by atoms with Crippen LogP contribution in [0, 0.1) is 24.1 Å². The summed E-state index contributed by atoms with van der Waals surface area (Å²) in [6, 6.07) is 9.03. The number of pyridine rings is 2. The average molecular weight is 446 g/mol. The number of nitrogens with one attached hydrogen (secondary N) is 1. The third-order valence-corrected chi connectivity index (χ3v) is 5.97. The van der Waals surface area contributed by atoms with Crippen LogP contribution in [0.5, 0.6) is 5.88 Å². The molecule has 1 N–H and O–H groups in total. The molecule has 10 heteroatoms. The fourth-order valence-corrected chi connectivity index (χ4v) is 4.25. The van der Waals surface area contributed by atoms with E-state index in [9.17, 15) is 9.65 Å². The molecule has 1 saturated heterocycles. The van der Waals surface area contributed by atoms with Gasteiger partial charge in [0.25, 0.3) is 0 Å². The van der Waals surface area contributed by atoms with Crippen molar-refractivity contribution in [3.05, 3.63) is 59.6 Å². The Balaban J connectivity index is 1.55. The van der Waals surface area contributed by atoms with E-state index < -0.39 is 11.9 Å². The van der Waals surface area contributed by atoms with Crippen molar-refractivity contribution in [2.75, 3.05) is 13.1 Å². The van der Waals surface area contributed by atoms with Crippen LogP contribution in [-0.4, -0.2) is 42.5 Å². The van der Waals surface area contributed by atoms with Crippen molar-refractivity contribution in [2.24, 2.45) is 0 Å². The van der Waals surface area contributed by atoms with Gasteiger partial charge in [-0.05, 0) is 51.4 Å². The van der Waals surface area contributed by atoms with E-state index in [1.165, 1.54) is 12.3 Å². The Bertz CT molecular complexity index is 1330. The maximum Gasteiger partial charge on any atom is 0.201 e. The first-order valence-electron chi connectivity index (χ1n) is 10.9. The Morgan fingerprint density at radius 1 is 1.27 bits per heavy atom. The predicted octanol–water partition coefficient (Wildman–Crippen LogP) is 3.37. The zero-order valence-corrected chi connectivity index (χ0v) is 18.4. The largest absolute Gasteiger partial charge is 0.469 e. The van der Waals surface area contributed by atoms with E-state index in [2.05, 4.69) is 31.7 Å². The van der Waals surface area contributed by atoms with Gasteiger partial charge in [0.15, 0.2) is 0 Å². The minimum atomic E-state index is -0.483. The smallest absolute Gasteiger partial charge is 0.201 e. The van der Waals surface area contributed by atoms with Crippen LogP contribution >= 0.6 is 0 Å². The molecular formula is C23H23FN8O. The standard InChI is InChI=1S/C23H23FN8O/c1-14-23(29-30-32(14)18-4-3-7-26-12-18)16-8-21-28-13-19(10-25)31(21)22(9-16)33-15(2)20-6-5-17(24)11-27-20/h5-6,8-9,11,13,15,18,26H,3-4,7,12H2,1-2H3/t15-,18-/m1/s1.